The van der Waals surface area contributed by atoms with Gasteiger partial charge in [0, 0.05) is 18.2 Å². The zero-order valence-corrected chi connectivity index (χ0v) is 14.7. The van der Waals surface area contributed by atoms with Gasteiger partial charge in [-0.05, 0) is 33.2 Å². The Morgan fingerprint density at radius 2 is 1.76 bits per heavy atom. The Morgan fingerprint density at radius 3 is 2.29 bits per heavy atom. The Balaban J connectivity index is 3.13. The van der Waals surface area contributed by atoms with Gasteiger partial charge in [-0.2, -0.15) is 0 Å². The molecule has 0 saturated heterocycles. The molecule has 0 radical (unpaired) electrons. The molecule has 1 rings (SSSR count). The lowest BCUT2D eigenvalue weighted by Crippen LogP contribution is -2.37. The third kappa shape index (κ3) is 4.31. The Bertz CT molecular complexity index is 564. The molecule has 1 heterocycles. The summed E-state index contributed by atoms with van der Waals surface area (Å²) < 4.78 is 33.7. The highest BCUT2D eigenvalue weighted by Gasteiger charge is 2.28. The highest BCUT2D eigenvalue weighted by Crippen LogP contribution is 2.27. The summed E-state index contributed by atoms with van der Waals surface area (Å²) in [7, 11) is -3.57. The van der Waals surface area contributed by atoms with Crippen LogP contribution in [0.5, 0.6) is 0 Å². The van der Waals surface area contributed by atoms with E-state index in [1.165, 1.54) is 0 Å². The molecule has 0 amide bonds. The summed E-state index contributed by atoms with van der Waals surface area (Å²) in [6, 6.07) is -0.110. The Hall–Kier alpha value is -0.850. The molecule has 2 atom stereocenters. The van der Waals surface area contributed by atoms with Crippen molar-refractivity contribution in [2.75, 3.05) is 6.54 Å². The monoisotopic (exact) mass is 316 g/mol. The van der Waals surface area contributed by atoms with Crippen LogP contribution in [0.3, 0.4) is 0 Å². The summed E-state index contributed by atoms with van der Waals surface area (Å²) in [5, 5.41) is 3.17. The summed E-state index contributed by atoms with van der Waals surface area (Å²) >= 11 is 0. The average molecular weight is 316 g/mol. The smallest absolute Gasteiger partial charge is 0.244 e. The second-order valence-electron chi connectivity index (χ2n) is 5.60. The first-order valence-electron chi connectivity index (χ1n) is 7.56. The molecule has 0 aliphatic heterocycles. The van der Waals surface area contributed by atoms with Crippen molar-refractivity contribution in [2.45, 2.75) is 65.4 Å². The van der Waals surface area contributed by atoms with Crippen molar-refractivity contribution in [3.8, 4) is 0 Å². The molecule has 2 unspecified atom stereocenters. The molecule has 122 valence electrons. The lowest BCUT2D eigenvalue weighted by molar-refractivity contribution is 0.433. The van der Waals surface area contributed by atoms with Gasteiger partial charge in [0.25, 0.3) is 0 Å². The van der Waals surface area contributed by atoms with E-state index in [4.69, 9.17) is 4.42 Å². The molecule has 21 heavy (non-hydrogen) atoms. The maximum absolute atomic E-state index is 12.7. The van der Waals surface area contributed by atoms with E-state index in [0.29, 0.717) is 18.1 Å². The third-order valence-corrected chi connectivity index (χ3v) is 5.74. The van der Waals surface area contributed by atoms with Crippen molar-refractivity contribution in [3.05, 3.63) is 17.1 Å². The maximum atomic E-state index is 12.7. The second kappa shape index (κ2) is 7.42. The van der Waals surface area contributed by atoms with Crippen LogP contribution in [0.1, 0.15) is 51.2 Å². The summed E-state index contributed by atoms with van der Waals surface area (Å²) in [5.41, 5.74) is 0.721. The van der Waals surface area contributed by atoms with Gasteiger partial charge in [0.15, 0.2) is 0 Å². The topological polar surface area (TPSA) is 71.3 Å². The quantitative estimate of drug-likeness (QED) is 0.773. The minimum absolute atomic E-state index is 0.110. The Labute approximate surface area is 128 Å². The number of hydrogen-bond acceptors (Lipinski definition) is 4. The average Bonchev–Trinajstić information content (AvgIpc) is 2.69. The normalized spacial score (nSPS) is 15.1. The lowest BCUT2D eigenvalue weighted by Gasteiger charge is -2.20. The number of rotatable bonds is 8. The highest BCUT2D eigenvalue weighted by molar-refractivity contribution is 7.89. The number of aryl methyl sites for hydroxylation is 2. The molecule has 0 aromatic carbocycles. The second-order valence-corrected chi connectivity index (χ2v) is 7.25. The van der Waals surface area contributed by atoms with Crippen molar-refractivity contribution in [1.82, 2.24) is 10.0 Å². The van der Waals surface area contributed by atoms with Crippen LogP contribution in [0.2, 0.25) is 0 Å². The van der Waals surface area contributed by atoms with E-state index >= 15 is 0 Å². The molecule has 1 aromatic rings. The Kier molecular flexibility index (Phi) is 6.43. The first-order chi connectivity index (χ1) is 9.74. The lowest BCUT2D eigenvalue weighted by atomic mass is 10.0. The van der Waals surface area contributed by atoms with Gasteiger partial charge in [0.1, 0.15) is 16.4 Å². The van der Waals surface area contributed by atoms with Crippen LogP contribution < -0.4 is 10.0 Å². The van der Waals surface area contributed by atoms with Gasteiger partial charge in [-0.3, -0.25) is 0 Å². The summed E-state index contributed by atoms with van der Waals surface area (Å²) in [6.07, 6.45) is 0.928. The van der Waals surface area contributed by atoms with Crippen LogP contribution in [-0.2, 0) is 16.6 Å². The molecule has 0 aliphatic carbocycles. The van der Waals surface area contributed by atoms with Gasteiger partial charge in [0.05, 0.1) is 0 Å². The molecule has 2 N–H and O–H groups in total. The van der Waals surface area contributed by atoms with E-state index in [2.05, 4.69) is 17.0 Å². The molecule has 1 aromatic heterocycles. The molecular formula is C15H28N2O3S. The van der Waals surface area contributed by atoms with Gasteiger partial charge < -0.3 is 9.73 Å². The largest absolute Gasteiger partial charge is 0.465 e. The molecule has 6 heteroatoms. The van der Waals surface area contributed by atoms with E-state index in [1.807, 2.05) is 20.8 Å². The van der Waals surface area contributed by atoms with Crippen molar-refractivity contribution in [1.29, 1.82) is 0 Å². The first kappa shape index (κ1) is 18.2. The molecule has 0 spiro atoms. The van der Waals surface area contributed by atoms with E-state index in [0.717, 1.165) is 18.5 Å². The molecule has 0 aliphatic rings. The number of furan rings is 1. The van der Waals surface area contributed by atoms with E-state index in [9.17, 15) is 8.42 Å². The van der Waals surface area contributed by atoms with Gasteiger partial charge in [-0.25, -0.2) is 13.1 Å². The van der Waals surface area contributed by atoms with Crippen molar-refractivity contribution < 1.29 is 12.8 Å². The summed E-state index contributed by atoms with van der Waals surface area (Å²) in [4.78, 5) is 0.288. The zero-order chi connectivity index (χ0) is 16.2. The van der Waals surface area contributed by atoms with Crippen LogP contribution in [0, 0.1) is 19.8 Å². The first-order valence-corrected chi connectivity index (χ1v) is 9.04. The number of hydrogen-bond donors (Lipinski definition) is 2. The van der Waals surface area contributed by atoms with Crippen LogP contribution in [0.4, 0.5) is 0 Å². The van der Waals surface area contributed by atoms with Crippen molar-refractivity contribution in [3.63, 3.8) is 0 Å². The van der Waals surface area contributed by atoms with Gasteiger partial charge in [-0.1, -0.05) is 27.2 Å². The van der Waals surface area contributed by atoms with E-state index in [1.54, 1.807) is 13.8 Å². The van der Waals surface area contributed by atoms with E-state index in [-0.39, 0.29) is 16.9 Å². The SMILES string of the molecule is CCNCc1c(C)oc(C)c1S(=O)(=O)NC(C)C(C)CC. The van der Waals surface area contributed by atoms with Crippen LogP contribution >= 0.6 is 0 Å². The van der Waals surface area contributed by atoms with Crippen LogP contribution in [0.15, 0.2) is 9.31 Å². The summed E-state index contributed by atoms with van der Waals surface area (Å²) in [6.45, 7) is 12.8. The molecule has 0 bridgehead atoms. The predicted octanol–water partition coefficient (Wildman–Crippen LogP) is 2.72. The fraction of sp³-hybridized carbons (Fsp3) is 0.733. The van der Waals surface area contributed by atoms with Crippen LogP contribution in [-0.4, -0.2) is 21.0 Å². The molecule has 0 fully saturated rings. The molecule has 5 nitrogen and oxygen atoms in total. The van der Waals surface area contributed by atoms with Crippen molar-refractivity contribution in [2.24, 2.45) is 5.92 Å². The number of sulfonamides is 1. The number of nitrogens with one attached hydrogen (secondary N) is 2. The zero-order valence-electron chi connectivity index (χ0n) is 13.9. The predicted molar refractivity (Wildman–Crippen MR) is 84.8 cm³/mol. The fourth-order valence-corrected chi connectivity index (χ4v) is 4.09. The minimum atomic E-state index is -3.57. The van der Waals surface area contributed by atoms with Gasteiger partial charge >= 0.3 is 0 Å². The van der Waals surface area contributed by atoms with Gasteiger partial charge in [-0.15, -0.1) is 0 Å². The molecule has 0 saturated carbocycles. The van der Waals surface area contributed by atoms with Crippen molar-refractivity contribution >= 4 is 10.0 Å². The third-order valence-electron chi connectivity index (χ3n) is 3.98. The minimum Gasteiger partial charge on any atom is -0.465 e. The fourth-order valence-electron chi connectivity index (χ4n) is 2.29. The molecular weight excluding hydrogens is 288 g/mol. The van der Waals surface area contributed by atoms with Crippen LogP contribution in [0.25, 0.3) is 0 Å². The maximum Gasteiger partial charge on any atom is 0.244 e. The summed E-state index contributed by atoms with van der Waals surface area (Å²) in [5.74, 6) is 1.39. The van der Waals surface area contributed by atoms with E-state index < -0.39 is 10.0 Å². The highest BCUT2D eigenvalue weighted by atomic mass is 32.2. The standard InChI is InChI=1S/C15H28N2O3S/c1-7-10(3)11(4)17-21(18,19)15-13(6)20-12(5)14(15)9-16-8-2/h10-11,16-17H,7-9H2,1-6H3. The Morgan fingerprint density at radius 1 is 1.14 bits per heavy atom. The van der Waals surface area contributed by atoms with Gasteiger partial charge in [0.2, 0.25) is 10.0 Å².